The summed E-state index contributed by atoms with van der Waals surface area (Å²) < 4.78 is 16.7. The van der Waals surface area contributed by atoms with E-state index in [4.69, 9.17) is 4.98 Å². The topological polar surface area (TPSA) is 17.8 Å². The van der Waals surface area contributed by atoms with Crippen LogP contribution in [0.1, 0.15) is 41.8 Å². The van der Waals surface area contributed by atoms with E-state index < -0.39 is 0 Å². The van der Waals surface area contributed by atoms with E-state index in [1.165, 1.54) is 5.69 Å². The van der Waals surface area contributed by atoms with Gasteiger partial charge < -0.3 is 4.57 Å². The second kappa shape index (κ2) is 3.69. The molecule has 3 heterocycles. The van der Waals surface area contributed by atoms with Crippen LogP contribution in [0.15, 0.2) is 16.6 Å². The van der Waals surface area contributed by atoms with Gasteiger partial charge in [0.05, 0.1) is 10.2 Å². The molecule has 4 heteroatoms. The average Bonchev–Trinajstić information content (AvgIpc) is 2.48. The van der Waals surface area contributed by atoms with E-state index in [9.17, 15) is 4.39 Å². The molecule has 2 aromatic rings. The summed E-state index contributed by atoms with van der Waals surface area (Å²) in [6.45, 7) is 4.17. The van der Waals surface area contributed by atoms with Crippen LogP contribution in [-0.4, -0.2) is 9.55 Å². The minimum atomic E-state index is -0.171. The molecule has 1 aromatic carbocycles. The Kier molecular flexibility index (Phi) is 2.26. The molecule has 98 valence electrons. The van der Waals surface area contributed by atoms with Crippen molar-refractivity contribution in [2.45, 2.75) is 38.6 Å². The van der Waals surface area contributed by atoms with Crippen LogP contribution in [0.2, 0.25) is 0 Å². The molecule has 0 atom stereocenters. The minimum absolute atomic E-state index is 0.171. The normalized spacial score (nSPS) is 23.4. The Morgan fingerprint density at radius 1 is 1.32 bits per heavy atom. The Balaban J connectivity index is 2.07. The molecule has 1 fully saturated rings. The summed E-state index contributed by atoms with van der Waals surface area (Å²) >= 11 is 3.30. The number of rotatable bonds is 0. The molecular formula is C15H14BrFN2. The highest BCUT2D eigenvalue weighted by Gasteiger charge is 2.39. The Morgan fingerprint density at radius 2 is 2.05 bits per heavy atom. The second-order valence-corrected chi connectivity index (χ2v) is 6.51. The summed E-state index contributed by atoms with van der Waals surface area (Å²) in [6, 6.07) is 4.12. The molecule has 0 amide bonds. The van der Waals surface area contributed by atoms with Crippen LogP contribution in [0.3, 0.4) is 0 Å². The Hall–Kier alpha value is -1.16. The number of benzene rings is 1. The first-order valence-corrected chi connectivity index (χ1v) is 7.40. The Labute approximate surface area is 119 Å². The van der Waals surface area contributed by atoms with Crippen LogP contribution in [0, 0.1) is 19.7 Å². The van der Waals surface area contributed by atoms with Crippen LogP contribution in [-0.2, 0) is 0 Å². The zero-order chi connectivity index (χ0) is 13.3. The summed E-state index contributed by atoms with van der Waals surface area (Å²) in [5.74, 6) is 1.33. The van der Waals surface area contributed by atoms with E-state index in [1.807, 2.05) is 13.0 Å². The SMILES string of the molecule is Cc1nc2n(c1C)C1CC(C1)c1cc(F)c(Br)cc1-2. The number of aromatic nitrogens is 2. The Bertz CT molecular complexity index is 699. The summed E-state index contributed by atoms with van der Waals surface area (Å²) in [4.78, 5) is 4.72. The molecule has 5 rings (SSSR count). The molecule has 19 heavy (non-hydrogen) atoms. The van der Waals surface area contributed by atoms with Crippen LogP contribution in [0.4, 0.5) is 4.39 Å². The van der Waals surface area contributed by atoms with Crippen molar-refractivity contribution in [1.29, 1.82) is 0 Å². The third kappa shape index (κ3) is 1.43. The lowest BCUT2D eigenvalue weighted by Gasteiger charge is -2.35. The molecule has 2 aliphatic heterocycles. The smallest absolute Gasteiger partial charge is 0.141 e. The van der Waals surface area contributed by atoms with Crippen molar-refractivity contribution in [2.24, 2.45) is 0 Å². The van der Waals surface area contributed by atoms with Gasteiger partial charge in [0.15, 0.2) is 0 Å². The number of aryl methyl sites for hydroxylation is 1. The Morgan fingerprint density at radius 3 is 2.79 bits per heavy atom. The van der Waals surface area contributed by atoms with E-state index in [-0.39, 0.29) is 5.82 Å². The number of nitrogens with zero attached hydrogens (tertiary/aromatic N) is 2. The van der Waals surface area contributed by atoms with Crippen LogP contribution in [0.5, 0.6) is 0 Å². The molecule has 1 saturated carbocycles. The van der Waals surface area contributed by atoms with Crippen molar-refractivity contribution in [3.8, 4) is 11.4 Å². The van der Waals surface area contributed by atoms with Crippen molar-refractivity contribution in [2.75, 3.05) is 0 Å². The van der Waals surface area contributed by atoms with E-state index >= 15 is 0 Å². The molecule has 1 aromatic heterocycles. The highest BCUT2D eigenvalue weighted by Crippen LogP contribution is 2.53. The maximum atomic E-state index is 13.8. The summed E-state index contributed by atoms with van der Waals surface area (Å²) in [7, 11) is 0. The van der Waals surface area contributed by atoms with E-state index in [2.05, 4.69) is 27.4 Å². The fraction of sp³-hybridized carbons (Fsp3) is 0.400. The van der Waals surface area contributed by atoms with E-state index in [0.29, 0.717) is 16.4 Å². The van der Waals surface area contributed by atoms with Crippen molar-refractivity contribution in [1.82, 2.24) is 9.55 Å². The standard InChI is InChI=1S/C15H14BrFN2/c1-7-8(2)19-10-3-9(4-10)11-6-14(17)13(16)5-12(11)15(19)18-7/h5-6,9-10H,3-4H2,1-2H3. The average molecular weight is 321 g/mol. The van der Waals surface area contributed by atoms with Gasteiger partial charge in [0.2, 0.25) is 0 Å². The predicted octanol–water partition coefficient (Wildman–Crippen LogP) is 4.50. The monoisotopic (exact) mass is 320 g/mol. The van der Waals surface area contributed by atoms with Gasteiger partial charge in [-0.15, -0.1) is 0 Å². The third-order valence-electron chi connectivity index (χ3n) is 4.64. The molecule has 2 nitrogen and oxygen atoms in total. The molecule has 0 N–H and O–H groups in total. The van der Waals surface area contributed by atoms with Gasteiger partial charge in [-0.05, 0) is 66.2 Å². The lowest BCUT2D eigenvalue weighted by molar-refractivity contribution is 0.270. The van der Waals surface area contributed by atoms with Gasteiger partial charge in [-0.3, -0.25) is 0 Å². The number of imidazole rings is 1. The number of hydrogen-bond acceptors (Lipinski definition) is 1. The molecule has 0 unspecified atom stereocenters. The maximum Gasteiger partial charge on any atom is 0.141 e. The van der Waals surface area contributed by atoms with Gasteiger partial charge in [0.1, 0.15) is 11.6 Å². The zero-order valence-corrected chi connectivity index (χ0v) is 12.5. The number of halogens is 2. The van der Waals surface area contributed by atoms with Gasteiger partial charge in [-0.1, -0.05) is 0 Å². The van der Waals surface area contributed by atoms with E-state index in [0.717, 1.165) is 35.5 Å². The van der Waals surface area contributed by atoms with Crippen molar-refractivity contribution < 1.29 is 4.39 Å². The molecule has 2 bridgehead atoms. The first kappa shape index (κ1) is 11.6. The summed E-state index contributed by atoms with van der Waals surface area (Å²) in [5, 5.41) is 0. The molecular weight excluding hydrogens is 307 g/mol. The van der Waals surface area contributed by atoms with Gasteiger partial charge >= 0.3 is 0 Å². The molecule has 0 spiro atoms. The quantitative estimate of drug-likeness (QED) is 0.698. The fourth-order valence-electron chi connectivity index (χ4n) is 3.41. The van der Waals surface area contributed by atoms with E-state index in [1.54, 1.807) is 6.07 Å². The minimum Gasteiger partial charge on any atom is -0.325 e. The molecule has 0 radical (unpaired) electrons. The van der Waals surface area contributed by atoms with Crippen molar-refractivity contribution in [3.05, 3.63) is 39.4 Å². The first-order valence-electron chi connectivity index (χ1n) is 6.61. The predicted molar refractivity (Wildman–Crippen MR) is 75.8 cm³/mol. The molecule has 1 aliphatic carbocycles. The van der Waals surface area contributed by atoms with Crippen LogP contribution < -0.4 is 0 Å². The van der Waals surface area contributed by atoms with Gasteiger partial charge in [0.25, 0.3) is 0 Å². The second-order valence-electron chi connectivity index (χ2n) is 5.65. The van der Waals surface area contributed by atoms with Gasteiger partial charge in [0, 0.05) is 17.3 Å². The molecule has 3 aliphatic rings. The first-order chi connectivity index (χ1) is 9.06. The van der Waals surface area contributed by atoms with Crippen molar-refractivity contribution in [3.63, 3.8) is 0 Å². The maximum absolute atomic E-state index is 13.8. The van der Waals surface area contributed by atoms with Crippen LogP contribution >= 0.6 is 15.9 Å². The summed E-state index contributed by atoms with van der Waals surface area (Å²) in [6.07, 6.45) is 2.22. The van der Waals surface area contributed by atoms with Gasteiger partial charge in [-0.2, -0.15) is 0 Å². The van der Waals surface area contributed by atoms with Crippen molar-refractivity contribution >= 4 is 15.9 Å². The lowest BCUT2D eigenvalue weighted by Crippen LogP contribution is -2.23. The highest BCUT2D eigenvalue weighted by molar-refractivity contribution is 9.10. The summed E-state index contributed by atoms with van der Waals surface area (Å²) in [5.41, 5.74) is 4.54. The van der Waals surface area contributed by atoms with Gasteiger partial charge in [-0.25, -0.2) is 9.37 Å². The van der Waals surface area contributed by atoms with Crippen LogP contribution in [0.25, 0.3) is 11.4 Å². The number of hydrogen-bond donors (Lipinski definition) is 0. The highest BCUT2D eigenvalue weighted by atomic mass is 79.9. The fourth-order valence-corrected chi connectivity index (χ4v) is 3.75. The lowest BCUT2D eigenvalue weighted by atomic mass is 9.75. The third-order valence-corrected chi connectivity index (χ3v) is 5.25. The zero-order valence-electron chi connectivity index (χ0n) is 10.9. The molecule has 0 saturated heterocycles. The largest absolute Gasteiger partial charge is 0.325 e.